The molecule has 1 amide bonds. The predicted octanol–water partition coefficient (Wildman–Crippen LogP) is 3.03. The fourth-order valence-electron chi connectivity index (χ4n) is 3.20. The Hall–Kier alpha value is -2.95. The number of nitrogens with zero attached hydrogens (tertiary/aromatic N) is 4. The van der Waals surface area contributed by atoms with Crippen molar-refractivity contribution >= 4 is 5.91 Å². The van der Waals surface area contributed by atoms with Crippen LogP contribution in [-0.2, 0) is 19.4 Å². The number of carbonyl (C=O) groups excluding carboxylic acids is 1. The summed E-state index contributed by atoms with van der Waals surface area (Å²) in [5, 5.41) is 8.21. The number of carbonyl (C=O) groups is 1. The van der Waals surface area contributed by atoms with Crippen LogP contribution in [0.4, 0.5) is 0 Å². The maximum atomic E-state index is 12.8. The molecule has 0 N–H and O–H groups in total. The van der Waals surface area contributed by atoms with Gasteiger partial charge in [0.1, 0.15) is 0 Å². The molecule has 0 bridgehead atoms. The highest BCUT2D eigenvalue weighted by Gasteiger charge is 2.23. The quantitative estimate of drug-likeness (QED) is 0.741. The summed E-state index contributed by atoms with van der Waals surface area (Å²) in [6.45, 7) is 3.47. The van der Waals surface area contributed by atoms with E-state index in [-0.39, 0.29) is 5.91 Å². The number of fused-ring (bicyclic) bond motifs is 1. The summed E-state index contributed by atoms with van der Waals surface area (Å²) in [6.07, 6.45) is 3.59. The summed E-state index contributed by atoms with van der Waals surface area (Å²) in [5.74, 6) is -0.0640. The molecule has 1 aliphatic heterocycles. The lowest BCUT2D eigenvalue weighted by Gasteiger charge is -2.28. The number of aryl methyl sites for hydroxylation is 1. The normalized spacial score (nSPS) is 13.6. The van der Waals surface area contributed by atoms with Gasteiger partial charge < -0.3 is 4.90 Å². The SMILES string of the molecule is CCc1ccc(-n2cc(C(=O)N3CCc4ccccc4C3)nn2)cc1. The zero-order chi connectivity index (χ0) is 17.2. The molecule has 3 aromatic rings. The third-order valence-electron chi connectivity index (χ3n) is 4.74. The molecule has 4 rings (SSSR count). The van der Waals surface area contributed by atoms with E-state index in [1.165, 1.54) is 16.7 Å². The molecule has 2 aromatic carbocycles. The smallest absolute Gasteiger partial charge is 0.276 e. The molecule has 25 heavy (non-hydrogen) atoms. The van der Waals surface area contributed by atoms with Crippen molar-refractivity contribution in [2.45, 2.75) is 26.3 Å². The van der Waals surface area contributed by atoms with E-state index in [0.29, 0.717) is 18.8 Å². The summed E-state index contributed by atoms with van der Waals surface area (Å²) < 4.78 is 1.66. The molecular weight excluding hydrogens is 312 g/mol. The molecule has 0 unspecified atom stereocenters. The molecule has 2 heterocycles. The van der Waals surface area contributed by atoms with Crippen LogP contribution in [0.1, 0.15) is 34.1 Å². The van der Waals surface area contributed by atoms with Crippen LogP contribution in [0.15, 0.2) is 54.7 Å². The Morgan fingerprint density at radius 3 is 2.60 bits per heavy atom. The third-order valence-corrected chi connectivity index (χ3v) is 4.74. The zero-order valence-electron chi connectivity index (χ0n) is 14.2. The second kappa shape index (κ2) is 6.51. The van der Waals surface area contributed by atoms with E-state index in [4.69, 9.17) is 0 Å². The van der Waals surface area contributed by atoms with Gasteiger partial charge in [-0.25, -0.2) is 4.68 Å². The zero-order valence-corrected chi connectivity index (χ0v) is 14.2. The van der Waals surface area contributed by atoms with Gasteiger partial charge in [-0.2, -0.15) is 0 Å². The molecule has 5 nitrogen and oxygen atoms in total. The van der Waals surface area contributed by atoms with E-state index in [9.17, 15) is 4.79 Å². The molecule has 0 aliphatic carbocycles. The maximum absolute atomic E-state index is 12.8. The van der Waals surface area contributed by atoms with Crippen LogP contribution >= 0.6 is 0 Å². The molecule has 5 heteroatoms. The van der Waals surface area contributed by atoms with Gasteiger partial charge >= 0.3 is 0 Å². The average molecular weight is 332 g/mol. The van der Waals surface area contributed by atoms with Gasteiger partial charge in [-0.05, 0) is 41.7 Å². The van der Waals surface area contributed by atoms with Crippen LogP contribution in [0.5, 0.6) is 0 Å². The second-order valence-electron chi connectivity index (χ2n) is 6.31. The fourth-order valence-corrected chi connectivity index (χ4v) is 3.20. The van der Waals surface area contributed by atoms with Crippen LogP contribution in [0.25, 0.3) is 5.69 Å². The first-order chi connectivity index (χ1) is 12.2. The Morgan fingerprint density at radius 1 is 1.08 bits per heavy atom. The number of rotatable bonds is 3. The number of hydrogen-bond donors (Lipinski definition) is 0. The lowest BCUT2D eigenvalue weighted by molar-refractivity contribution is 0.0728. The van der Waals surface area contributed by atoms with Crippen molar-refractivity contribution < 1.29 is 4.79 Å². The molecule has 0 atom stereocenters. The van der Waals surface area contributed by atoms with Crippen molar-refractivity contribution in [3.63, 3.8) is 0 Å². The predicted molar refractivity (Wildman–Crippen MR) is 95.6 cm³/mol. The Bertz CT molecular complexity index is 898. The van der Waals surface area contributed by atoms with Crippen LogP contribution in [0, 0.1) is 0 Å². The monoisotopic (exact) mass is 332 g/mol. The summed E-state index contributed by atoms with van der Waals surface area (Å²) in [5.41, 5.74) is 5.11. The molecular formula is C20H20N4O. The van der Waals surface area contributed by atoms with Crippen molar-refractivity contribution in [2.75, 3.05) is 6.54 Å². The lowest BCUT2D eigenvalue weighted by Crippen LogP contribution is -2.36. The van der Waals surface area contributed by atoms with Gasteiger partial charge in [-0.15, -0.1) is 5.10 Å². The van der Waals surface area contributed by atoms with E-state index in [1.807, 2.05) is 29.2 Å². The van der Waals surface area contributed by atoms with Gasteiger partial charge in [0, 0.05) is 13.1 Å². The van der Waals surface area contributed by atoms with Crippen molar-refractivity contribution in [1.82, 2.24) is 19.9 Å². The van der Waals surface area contributed by atoms with Gasteiger partial charge in [0.25, 0.3) is 5.91 Å². The highest BCUT2D eigenvalue weighted by atomic mass is 16.2. The van der Waals surface area contributed by atoms with Gasteiger partial charge in [0.05, 0.1) is 11.9 Å². The highest BCUT2D eigenvalue weighted by molar-refractivity contribution is 5.92. The van der Waals surface area contributed by atoms with Gasteiger partial charge in [0.2, 0.25) is 0 Å². The van der Waals surface area contributed by atoms with Gasteiger partial charge in [-0.1, -0.05) is 48.5 Å². The molecule has 1 aliphatic rings. The Balaban J connectivity index is 1.53. The van der Waals surface area contributed by atoms with Crippen LogP contribution in [0.3, 0.4) is 0 Å². The molecule has 0 fully saturated rings. The minimum atomic E-state index is -0.0640. The second-order valence-corrected chi connectivity index (χ2v) is 6.31. The molecule has 1 aromatic heterocycles. The molecule has 0 saturated heterocycles. The van der Waals surface area contributed by atoms with Crippen molar-refractivity contribution in [2.24, 2.45) is 0 Å². The molecule has 0 radical (unpaired) electrons. The van der Waals surface area contributed by atoms with Gasteiger partial charge in [-0.3, -0.25) is 4.79 Å². The largest absolute Gasteiger partial charge is 0.333 e. The summed E-state index contributed by atoms with van der Waals surface area (Å²) in [6, 6.07) is 16.4. The molecule has 0 spiro atoms. The Morgan fingerprint density at radius 2 is 1.84 bits per heavy atom. The summed E-state index contributed by atoms with van der Waals surface area (Å²) in [7, 11) is 0. The first-order valence-electron chi connectivity index (χ1n) is 8.62. The van der Waals surface area contributed by atoms with Crippen LogP contribution in [0.2, 0.25) is 0 Å². The van der Waals surface area contributed by atoms with Crippen molar-refractivity contribution in [3.8, 4) is 5.69 Å². The van der Waals surface area contributed by atoms with Crippen LogP contribution < -0.4 is 0 Å². The average Bonchev–Trinajstić information content (AvgIpc) is 3.17. The molecule has 0 saturated carbocycles. The van der Waals surface area contributed by atoms with Crippen LogP contribution in [-0.4, -0.2) is 32.3 Å². The standard InChI is InChI=1S/C20H20N4O/c1-2-15-7-9-18(10-8-15)24-14-19(21-22-24)20(25)23-12-11-16-5-3-4-6-17(16)13-23/h3-10,14H,2,11-13H2,1H3. The van der Waals surface area contributed by atoms with E-state index < -0.39 is 0 Å². The Kier molecular flexibility index (Phi) is 4.06. The van der Waals surface area contributed by atoms with E-state index in [2.05, 4.69) is 41.5 Å². The summed E-state index contributed by atoms with van der Waals surface area (Å²) in [4.78, 5) is 14.6. The van der Waals surface area contributed by atoms with Crippen molar-refractivity contribution in [3.05, 3.63) is 77.1 Å². The molecule has 126 valence electrons. The highest BCUT2D eigenvalue weighted by Crippen LogP contribution is 2.20. The number of benzene rings is 2. The minimum Gasteiger partial charge on any atom is -0.333 e. The first kappa shape index (κ1) is 15.6. The summed E-state index contributed by atoms with van der Waals surface area (Å²) >= 11 is 0. The van der Waals surface area contributed by atoms with Crippen molar-refractivity contribution in [1.29, 1.82) is 0 Å². The number of hydrogen-bond acceptors (Lipinski definition) is 3. The number of aromatic nitrogens is 3. The minimum absolute atomic E-state index is 0.0640. The van der Waals surface area contributed by atoms with E-state index >= 15 is 0 Å². The third kappa shape index (κ3) is 3.05. The van der Waals surface area contributed by atoms with E-state index in [1.54, 1.807) is 10.9 Å². The topological polar surface area (TPSA) is 51.0 Å². The number of amides is 1. The lowest BCUT2D eigenvalue weighted by atomic mass is 10.00. The maximum Gasteiger partial charge on any atom is 0.276 e. The van der Waals surface area contributed by atoms with E-state index in [0.717, 1.165) is 18.5 Å². The van der Waals surface area contributed by atoms with Gasteiger partial charge in [0.15, 0.2) is 5.69 Å². The fraction of sp³-hybridized carbons (Fsp3) is 0.250. The first-order valence-corrected chi connectivity index (χ1v) is 8.62. The Labute approximate surface area is 146 Å².